The molecule has 0 spiro atoms. The normalized spacial score (nSPS) is 21.5. The summed E-state index contributed by atoms with van der Waals surface area (Å²) < 4.78 is 25.5. The van der Waals surface area contributed by atoms with E-state index in [1.807, 2.05) is 16.4 Å². The van der Waals surface area contributed by atoms with Crippen molar-refractivity contribution >= 4 is 27.5 Å². The van der Waals surface area contributed by atoms with E-state index < -0.39 is 9.84 Å². The second-order valence-corrected chi connectivity index (χ2v) is 11.6. The lowest BCUT2D eigenvalue weighted by atomic mass is 10.1. The van der Waals surface area contributed by atoms with Gasteiger partial charge in [-0.1, -0.05) is 23.9 Å². The van der Waals surface area contributed by atoms with E-state index in [1.165, 1.54) is 11.8 Å². The van der Waals surface area contributed by atoms with Crippen LogP contribution in [0.25, 0.3) is 5.69 Å². The minimum atomic E-state index is -2.89. The average molecular weight is 464 g/mol. The zero-order valence-electron chi connectivity index (χ0n) is 18.2. The van der Waals surface area contributed by atoms with Crippen LogP contribution in [0, 0.1) is 20.8 Å². The van der Waals surface area contributed by atoms with E-state index in [1.54, 1.807) is 0 Å². The molecule has 1 aromatic heterocycles. The number of benzene rings is 1. The number of carbonyl (C=O) groups excluding carboxylic acids is 1. The highest BCUT2D eigenvalue weighted by Gasteiger charge is 2.34. The van der Waals surface area contributed by atoms with Crippen LogP contribution < -0.4 is 0 Å². The van der Waals surface area contributed by atoms with Gasteiger partial charge < -0.3 is 4.90 Å². The molecular weight excluding hydrogens is 434 g/mol. The van der Waals surface area contributed by atoms with E-state index in [4.69, 9.17) is 0 Å². The number of rotatable bonds is 5. The second-order valence-electron chi connectivity index (χ2n) is 8.42. The summed E-state index contributed by atoms with van der Waals surface area (Å²) in [4.78, 5) is 16.9. The summed E-state index contributed by atoms with van der Waals surface area (Å²) >= 11 is 1.41. The Hall–Kier alpha value is -1.91. The Morgan fingerprint density at radius 2 is 1.87 bits per heavy atom. The number of thioether (sulfide) groups is 1. The molecule has 2 saturated heterocycles. The second kappa shape index (κ2) is 8.91. The molecule has 8 nitrogen and oxygen atoms in total. The van der Waals surface area contributed by atoms with Crippen molar-refractivity contribution in [2.75, 3.05) is 43.4 Å². The lowest BCUT2D eigenvalue weighted by Crippen LogP contribution is -2.52. The maximum Gasteiger partial charge on any atom is 0.233 e. The van der Waals surface area contributed by atoms with Gasteiger partial charge >= 0.3 is 0 Å². The molecule has 0 saturated carbocycles. The summed E-state index contributed by atoms with van der Waals surface area (Å²) in [5.74, 6) is 1.72. The fraction of sp³-hybridized carbons (Fsp3) is 0.571. The molecule has 2 aliphatic rings. The molecule has 2 fully saturated rings. The van der Waals surface area contributed by atoms with Crippen molar-refractivity contribution in [3.8, 4) is 5.69 Å². The molecule has 0 N–H and O–H groups in total. The summed E-state index contributed by atoms with van der Waals surface area (Å²) in [6.07, 6.45) is 0.708. The number of hydrogen-bond donors (Lipinski definition) is 0. The van der Waals surface area contributed by atoms with E-state index in [-0.39, 0.29) is 23.5 Å². The summed E-state index contributed by atoms with van der Waals surface area (Å²) in [7, 11) is -2.89. The number of aryl methyl sites for hydroxylation is 3. The van der Waals surface area contributed by atoms with Crippen LogP contribution in [0.1, 0.15) is 23.4 Å². The highest BCUT2D eigenvalue weighted by molar-refractivity contribution is 7.99. The molecule has 2 aliphatic heterocycles. The van der Waals surface area contributed by atoms with Gasteiger partial charge in [-0.2, -0.15) is 0 Å². The fourth-order valence-corrected chi connectivity index (χ4v) is 6.95. The smallest absolute Gasteiger partial charge is 0.233 e. The van der Waals surface area contributed by atoms with Crippen molar-refractivity contribution in [3.63, 3.8) is 0 Å². The summed E-state index contributed by atoms with van der Waals surface area (Å²) in [6, 6.07) is 6.38. The van der Waals surface area contributed by atoms with Crippen molar-refractivity contribution in [1.29, 1.82) is 0 Å². The molecule has 4 rings (SSSR count). The number of nitrogens with zero attached hydrogens (tertiary/aromatic N) is 5. The van der Waals surface area contributed by atoms with Crippen LogP contribution >= 0.6 is 11.8 Å². The van der Waals surface area contributed by atoms with E-state index in [2.05, 4.69) is 47.1 Å². The number of piperazine rings is 1. The first-order chi connectivity index (χ1) is 14.7. The molecule has 0 aliphatic carbocycles. The van der Waals surface area contributed by atoms with Crippen LogP contribution in [-0.2, 0) is 14.6 Å². The molecule has 168 valence electrons. The Balaban J connectivity index is 1.36. The molecule has 3 heterocycles. The summed E-state index contributed by atoms with van der Waals surface area (Å²) in [6.45, 7) is 8.77. The van der Waals surface area contributed by atoms with Gasteiger partial charge in [0.2, 0.25) is 5.91 Å². The molecule has 0 radical (unpaired) electrons. The minimum absolute atomic E-state index is 0.0804. The average Bonchev–Trinajstić information content (AvgIpc) is 3.29. The monoisotopic (exact) mass is 463 g/mol. The molecule has 1 amide bonds. The Labute approximate surface area is 187 Å². The Kier molecular flexibility index (Phi) is 6.41. The number of amides is 1. The van der Waals surface area contributed by atoms with Crippen LogP contribution in [0.4, 0.5) is 0 Å². The van der Waals surface area contributed by atoms with Gasteiger partial charge in [-0.25, -0.2) is 8.42 Å². The largest absolute Gasteiger partial charge is 0.339 e. The fourth-order valence-electron chi connectivity index (χ4n) is 4.29. The Bertz CT molecular complexity index is 1070. The topological polar surface area (TPSA) is 88.4 Å². The van der Waals surface area contributed by atoms with Gasteiger partial charge in [0.05, 0.1) is 22.9 Å². The maximum atomic E-state index is 12.8. The summed E-state index contributed by atoms with van der Waals surface area (Å²) in [5, 5.41) is 9.25. The molecule has 31 heavy (non-hydrogen) atoms. The predicted molar refractivity (Wildman–Crippen MR) is 122 cm³/mol. The zero-order valence-corrected chi connectivity index (χ0v) is 19.9. The summed E-state index contributed by atoms with van der Waals surface area (Å²) in [5.41, 5.74) is 3.33. The minimum Gasteiger partial charge on any atom is -0.339 e. The molecular formula is C21H29N5O3S2. The third kappa shape index (κ3) is 4.96. The van der Waals surface area contributed by atoms with Gasteiger partial charge in [-0.05, 0) is 44.4 Å². The maximum absolute atomic E-state index is 12.8. The third-order valence-corrected chi connectivity index (χ3v) is 8.78. The molecule has 10 heteroatoms. The van der Waals surface area contributed by atoms with Crippen molar-refractivity contribution in [1.82, 2.24) is 24.6 Å². The quantitative estimate of drug-likeness (QED) is 0.623. The lowest BCUT2D eigenvalue weighted by molar-refractivity contribution is -0.130. The molecule has 1 unspecified atom stereocenters. The van der Waals surface area contributed by atoms with E-state index >= 15 is 0 Å². The number of hydrogen-bond acceptors (Lipinski definition) is 7. The lowest BCUT2D eigenvalue weighted by Gasteiger charge is -2.37. The molecule has 2 aromatic rings. The Morgan fingerprint density at radius 3 is 2.55 bits per heavy atom. The van der Waals surface area contributed by atoms with Crippen LogP contribution in [0.5, 0.6) is 0 Å². The first-order valence-corrected chi connectivity index (χ1v) is 13.4. The van der Waals surface area contributed by atoms with Gasteiger partial charge in [-0.15, -0.1) is 10.2 Å². The molecule has 0 bridgehead atoms. The van der Waals surface area contributed by atoms with Gasteiger partial charge in [-0.3, -0.25) is 14.3 Å². The van der Waals surface area contributed by atoms with Gasteiger partial charge in [0.25, 0.3) is 0 Å². The van der Waals surface area contributed by atoms with Crippen molar-refractivity contribution < 1.29 is 13.2 Å². The van der Waals surface area contributed by atoms with Crippen molar-refractivity contribution in [3.05, 3.63) is 35.2 Å². The van der Waals surface area contributed by atoms with E-state index in [9.17, 15) is 13.2 Å². The third-order valence-electron chi connectivity index (χ3n) is 6.12. The van der Waals surface area contributed by atoms with Crippen molar-refractivity contribution in [2.45, 2.75) is 38.4 Å². The zero-order chi connectivity index (χ0) is 22.2. The van der Waals surface area contributed by atoms with Crippen LogP contribution in [-0.4, -0.2) is 88.4 Å². The Morgan fingerprint density at radius 1 is 1.13 bits per heavy atom. The number of sulfone groups is 1. The van der Waals surface area contributed by atoms with Crippen LogP contribution in [0.2, 0.25) is 0 Å². The van der Waals surface area contributed by atoms with Crippen molar-refractivity contribution in [2.24, 2.45) is 0 Å². The predicted octanol–water partition coefficient (Wildman–Crippen LogP) is 1.62. The van der Waals surface area contributed by atoms with Gasteiger partial charge in [0.15, 0.2) is 15.0 Å². The van der Waals surface area contributed by atoms with Crippen LogP contribution in [0.3, 0.4) is 0 Å². The number of aromatic nitrogens is 3. The van der Waals surface area contributed by atoms with Gasteiger partial charge in [0.1, 0.15) is 5.82 Å². The molecule has 1 atom stereocenters. The van der Waals surface area contributed by atoms with E-state index in [0.717, 1.165) is 35.7 Å². The first-order valence-electron chi connectivity index (χ1n) is 10.6. The highest BCUT2D eigenvalue weighted by atomic mass is 32.2. The van der Waals surface area contributed by atoms with Gasteiger partial charge in [0, 0.05) is 32.2 Å². The SMILES string of the molecule is Cc1ccc(C)c(-n2c(C)nnc2SCC(=O)N2CCN(C3CCS(=O)(=O)C3)CC2)c1. The van der Waals surface area contributed by atoms with Crippen LogP contribution in [0.15, 0.2) is 23.4 Å². The first kappa shape index (κ1) is 22.3. The standard InChI is InChI=1S/C21H29N5O3S2/c1-15-4-5-16(2)19(12-15)26-17(3)22-23-21(26)30-13-20(27)25-9-7-24(8-10-25)18-6-11-31(28,29)14-18/h4-5,12,18H,6-11,13-14H2,1-3H3. The van der Waals surface area contributed by atoms with E-state index in [0.29, 0.717) is 30.4 Å². The highest BCUT2D eigenvalue weighted by Crippen LogP contribution is 2.25. The number of carbonyl (C=O) groups is 1. The molecule has 1 aromatic carbocycles.